The van der Waals surface area contributed by atoms with Gasteiger partial charge in [-0.15, -0.1) is 5.10 Å². The molecule has 2 aromatic carbocycles. The van der Waals surface area contributed by atoms with Crippen LogP contribution in [0.3, 0.4) is 0 Å². The van der Waals surface area contributed by atoms with Crippen LogP contribution in [0.4, 0.5) is 5.69 Å². The molecule has 8 nitrogen and oxygen atoms in total. The van der Waals surface area contributed by atoms with Gasteiger partial charge in [-0.25, -0.2) is 4.68 Å². The lowest BCUT2D eigenvalue weighted by molar-refractivity contribution is 0.268. The first-order valence-electron chi connectivity index (χ1n) is 8.60. The van der Waals surface area contributed by atoms with Gasteiger partial charge in [0.2, 0.25) is 0 Å². The molecule has 1 aromatic heterocycles. The van der Waals surface area contributed by atoms with Gasteiger partial charge in [0.05, 0.1) is 13.3 Å². The third kappa shape index (κ3) is 4.09. The van der Waals surface area contributed by atoms with Crippen LogP contribution in [-0.2, 0) is 13.6 Å². The summed E-state index contributed by atoms with van der Waals surface area (Å²) in [6.45, 7) is 2.00. The van der Waals surface area contributed by atoms with Crippen molar-refractivity contribution in [2.75, 3.05) is 26.6 Å². The number of nitrogens with zero attached hydrogens (tertiary/aromatic N) is 3. The minimum atomic E-state index is -3.55. The molecule has 3 aromatic rings. The van der Waals surface area contributed by atoms with Crippen molar-refractivity contribution in [1.29, 1.82) is 0 Å². The summed E-state index contributed by atoms with van der Waals surface area (Å²) in [6.07, 6.45) is 1.68. The van der Waals surface area contributed by atoms with Crippen molar-refractivity contribution in [3.05, 3.63) is 66.0 Å². The van der Waals surface area contributed by atoms with E-state index >= 15 is 0 Å². The van der Waals surface area contributed by atoms with Crippen molar-refractivity contribution >= 4 is 13.3 Å². The number of benzene rings is 2. The van der Waals surface area contributed by atoms with E-state index in [0.29, 0.717) is 17.1 Å². The predicted molar refractivity (Wildman–Crippen MR) is 107 cm³/mol. The van der Waals surface area contributed by atoms with E-state index in [2.05, 4.69) is 15.6 Å². The fourth-order valence-electron chi connectivity index (χ4n) is 2.75. The second kappa shape index (κ2) is 8.56. The molecule has 0 aliphatic rings. The Labute approximate surface area is 164 Å². The molecule has 28 heavy (non-hydrogen) atoms. The highest BCUT2D eigenvalue weighted by Crippen LogP contribution is 2.59. The number of methoxy groups -OCH3 is 1. The maximum atomic E-state index is 13.2. The topological polar surface area (TPSA) is 87.5 Å². The van der Waals surface area contributed by atoms with Gasteiger partial charge in [0, 0.05) is 19.9 Å². The average Bonchev–Trinajstić information content (AvgIpc) is 3.22. The Morgan fingerprint density at radius 3 is 2.36 bits per heavy atom. The number of aryl methyl sites for hydroxylation is 1. The van der Waals surface area contributed by atoms with Crippen LogP contribution in [0.25, 0.3) is 5.69 Å². The Morgan fingerprint density at radius 2 is 1.71 bits per heavy atom. The average molecular weight is 402 g/mol. The van der Waals surface area contributed by atoms with Gasteiger partial charge in [0.25, 0.3) is 0 Å². The van der Waals surface area contributed by atoms with Gasteiger partial charge in [-0.2, -0.15) is 0 Å². The Morgan fingerprint density at radius 1 is 1.04 bits per heavy atom. The van der Waals surface area contributed by atoms with Gasteiger partial charge >= 0.3 is 7.60 Å². The Hall–Kier alpha value is -2.67. The zero-order valence-corrected chi connectivity index (χ0v) is 17.1. The van der Waals surface area contributed by atoms with Crippen LogP contribution in [0.2, 0.25) is 0 Å². The van der Waals surface area contributed by atoms with Crippen LogP contribution in [0, 0.1) is 6.92 Å². The van der Waals surface area contributed by atoms with Crippen LogP contribution >= 0.6 is 7.60 Å². The molecule has 148 valence electrons. The molecule has 1 N–H and O–H groups in total. The zero-order chi connectivity index (χ0) is 20.1. The van der Waals surface area contributed by atoms with Crippen molar-refractivity contribution in [1.82, 2.24) is 15.0 Å². The molecule has 0 saturated heterocycles. The number of aromatic nitrogens is 3. The van der Waals surface area contributed by atoms with E-state index in [1.165, 1.54) is 14.2 Å². The molecule has 0 saturated carbocycles. The van der Waals surface area contributed by atoms with E-state index < -0.39 is 13.4 Å². The van der Waals surface area contributed by atoms with Crippen molar-refractivity contribution in [3.63, 3.8) is 0 Å². The standard InChI is InChI=1S/C19H23N4O4P/c1-14-9-11-15(12-10-14)20-19(28(24,26-3)27-4)16-13-23(22-21-16)17-7-5-6-8-18(17)25-2/h5-13,19-20H,1-4H3. The predicted octanol–water partition coefficient (Wildman–Crippen LogP) is 4.18. The van der Waals surface area contributed by atoms with Gasteiger partial charge in [0.15, 0.2) is 5.78 Å². The monoisotopic (exact) mass is 402 g/mol. The van der Waals surface area contributed by atoms with Crippen LogP contribution in [0.1, 0.15) is 17.0 Å². The molecule has 0 aliphatic heterocycles. The maximum absolute atomic E-state index is 13.2. The Bertz CT molecular complexity index is 966. The molecule has 0 radical (unpaired) electrons. The molecule has 1 atom stereocenters. The fraction of sp³-hybridized carbons (Fsp3) is 0.263. The van der Waals surface area contributed by atoms with Crippen molar-refractivity contribution in [2.24, 2.45) is 0 Å². The van der Waals surface area contributed by atoms with E-state index in [-0.39, 0.29) is 0 Å². The summed E-state index contributed by atoms with van der Waals surface area (Å²) in [6, 6.07) is 15.1. The molecule has 1 heterocycles. The lowest BCUT2D eigenvalue weighted by Crippen LogP contribution is -2.14. The van der Waals surface area contributed by atoms with Gasteiger partial charge in [-0.1, -0.05) is 35.0 Å². The molecule has 0 fully saturated rings. The molecular formula is C19H23N4O4P. The number of para-hydroxylation sites is 2. The summed E-state index contributed by atoms with van der Waals surface area (Å²) >= 11 is 0. The highest BCUT2D eigenvalue weighted by Gasteiger charge is 2.38. The highest BCUT2D eigenvalue weighted by molar-refractivity contribution is 7.54. The quantitative estimate of drug-likeness (QED) is 0.566. The van der Waals surface area contributed by atoms with E-state index in [1.807, 2.05) is 55.5 Å². The molecule has 1 unspecified atom stereocenters. The van der Waals surface area contributed by atoms with Crippen LogP contribution in [0.15, 0.2) is 54.7 Å². The van der Waals surface area contributed by atoms with Crippen molar-refractivity contribution < 1.29 is 18.3 Å². The smallest absolute Gasteiger partial charge is 0.358 e. The van der Waals surface area contributed by atoms with Crippen LogP contribution in [0.5, 0.6) is 5.75 Å². The summed E-state index contributed by atoms with van der Waals surface area (Å²) in [4.78, 5) is 0. The first-order chi connectivity index (χ1) is 13.5. The highest BCUT2D eigenvalue weighted by atomic mass is 31.2. The first-order valence-corrected chi connectivity index (χ1v) is 10.2. The van der Waals surface area contributed by atoms with Gasteiger partial charge in [-0.3, -0.25) is 4.57 Å². The lowest BCUT2D eigenvalue weighted by atomic mass is 10.2. The number of ether oxygens (including phenoxy) is 1. The van der Waals surface area contributed by atoms with Gasteiger partial charge < -0.3 is 19.1 Å². The third-order valence-corrected chi connectivity index (χ3v) is 6.35. The lowest BCUT2D eigenvalue weighted by Gasteiger charge is -2.24. The van der Waals surface area contributed by atoms with Crippen molar-refractivity contribution in [2.45, 2.75) is 12.7 Å². The van der Waals surface area contributed by atoms with E-state index in [0.717, 1.165) is 11.3 Å². The Kier molecular flexibility index (Phi) is 6.14. The normalized spacial score (nSPS) is 12.6. The second-order valence-electron chi connectivity index (χ2n) is 6.08. The molecule has 0 aliphatic carbocycles. The number of anilines is 1. The van der Waals surface area contributed by atoms with Crippen LogP contribution in [-0.4, -0.2) is 36.3 Å². The van der Waals surface area contributed by atoms with Gasteiger partial charge in [0.1, 0.15) is 17.1 Å². The fourth-order valence-corrected chi connectivity index (χ4v) is 4.07. The summed E-state index contributed by atoms with van der Waals surface area (Å²) < 4.78 is 30.6. The SMILES string of the molecule is COc1ccccc1-n1cc(C(Nc2ccc(C)cc2)P(=O)(OC)OC)nn1. The number of rotatable bonds is 8. The largest absolute Gasteiger partial charge is 0.494 e. The second-order valence-corrected chi connectivity index (χ2v) is 8.40. The number of hydrogen-bond acceptors (Lipinski definition) is 7. The molecule has 0 amide bonds. The summed E-state index contributed by atoms with van der Waals surface area (Å²) in [5.41, 5.74) is 3.00. The van der Waals surface area contributed by atoms with E-state index in [9.17, 15) is 4.57 Å². The summed E-state index contributed by atoms with van der Waals surface area (Å²) in [5.74, 6) is -0.197. The number of nitrogens with one attached hydrogen (secondary N) is 1. The van der Waals surface area contributed by atoms with E-state index in [1.54, 1.807) is 18.0 Å². The minimum absolute atomic E-state index is 0.415. The molecule has 0 spiro atoms. The maximum Gasteiger partial charge on any atom is 0.358 e. The number of hydrogen-bond donors (Lipinski definition) is 1. The third-order valence-electron chi connectivity index (χ3n) is 4.30. The van der Waals surface area contributed by atoms with Crippen LogP contribution < -0.4 is 10.1 Å². The molecule has 0 bridgehead atoms. The van der Waals surface area contributed by atoms with Crippen molar-refractivity contribution in [3.8, 4) is 11.4 Å². The Balaban J connectivity index is 2.00. The summed E-state index contributed by atoms with van der Waals surface area (Å²) in [7, 11) is 0.732. The minimum Gasteiger partial charge on any atom is -0.494 e. The molecule has 9 heteroatoms. The first kappa shape index (κ1) is 20.1. The summed E-state index contributed by atoms with van der Waals surface area (Å²) in [5, 5.41) is 11.6. The molecular weight excluding hydrogens is 379 g/mol. The molecule has 3 rings (SSSR count). The van der Waals surface area contributed by atoms with Gasteiger partial charge in [-0.05, 0) is 31.2 Å². The van der Waals surface area contributed by atoms with E-state index in [4.69, 9.17) is 13.8 Å². The zero-order valence-electron chi connectivity index (χ0n) is 16.2.